The Labute approximate surface area is 121 Å². The number of rotatable bonds is 4. The van der Waals surface area contributed by atoms with Gasteiger partial charge in [-0.1, -0.05) is 5.21 Å². The number of halogens is 3. The average Bonchev–Trinajstić information content (AvgIpc) is 2.83. The van der Waals surface area contributed by atoms with Gasteiger partial charge in [0, 0.05) is 12.6 Å². The first-order valence-corrected chi connectivity index (χ1v) is 6.32. The molecule has 1 aromatic carbocycles. The van der Waals surface area contributed by atoms with Crippen LogP contribution in [0.15, 0.2) is 22.8 Å². The Morgan fingerprint density at radius 2 is 2.15 bits per heavy atom. The lowest BCUT2D eigenvalue weighted by Crippen LogP contribution is -2.20. The fraction of sp³-hybridized carbons (Fsp3) is 0.182. The van der Waals surface area contributed by atoms with Gasteiger partial charge in [-0.15, -0.1) is 5.10 Å². The van der Waals surface area contributed by atoms with Crippen molar-refractivity contribution in [1.29, 1.82) is 0 Å². The molecule has 20 heavy (non-hydrogen) atoms. The van der Waals surface area contributed by atoms with Gasteiger partial charge in [0.1, 0.15) is 18.2 Å². The number of anilines is 1. The van der Waals surface area contributed by atoms with Crippen molar-refractivity contribution in [3.8, 4) is 0 Å². The van der Waals surface area contributed by atoms with Crippen LogP contribution in [-0.4, -0.2) is 20.9 Å². The summed E-state index contributed by atoms with van der Waals surface area (Å²) in [5, 5.41) is 9.72. The van der Waals surface area contributed by atoms with E-state index in [1.807, 2.05) is 0 Å². The molecule has 0 spiro atoms. The predicted molar refractivity (Wildman–Crippen MR) is 70.6 cm³/mol. The molecule has 9 heteroatoms. The summed E-state index contributed by atoms with van der Waals surface area (Å²) in [6, 6.07) is 1.83. The zero-order chi connectivity index (χ0) is 14.7. The molecule has 0 saturated carbocycles. The van der Waals surface area contributed by atoms with Crippen LogP contribution in [0.25, 0.3) is 0 Å². The van der Waals surface area contributed by atoms with E-state index >= 15 is 0 Å². The molecular weight excluding hydrogens is 336 g/mol. The first-order chi connectivity index (χ1) is 9.49. The van der Waals surface area contributed by atoms with E-state index in [1.54, 1.807) is 0 Å². The zero-order valence-corrected chi connectivity index (χ0v) is 11.7. The van der Waals surface area contributed by atoms with Crippen molar-refractivity contribution in [2.45, 2.75) is 13.1 Å². The van der Waals surface area contributed by atoms with E-state index < -0.39 is 17.5 Å². The van der Waals surface area contributed by atoms with E-state index in [9.17, 15) is 13.6 Å². The molecule has 0 aliphatic heterocycles. The van der Waals surface area contributed by atoms with Crippen molar-refractivity contribution < 1.29 is 13.6 Å². The molecule has 106 valence electrons. The Morgan fingerprint density at radius 1 is 1.40 bits per heavy atom. The Balaban J connectivity index is 2.06. The number of aromatic nitrogens is 3. The number of hydrogen-bond acceptors (Lipinski definition) is 4. The highest BCUT2D eigenvalue weighted by Gasteiger charge is 2.12. The van der Waals surface area contributed by atoms with Crippen LogP contribution >= 0.6 is 15.9 Å². The van der Waals surface area contributed by atoms with E-state index in [4.69, 9.17) is 5.73 Å². The summed E-state index contributed by atoms with van der Waals surface area (Å²) in [6.45, 7) is 0.0581. The largest absolute Gasteiger partial charge is 0.325 e. The van der Waals surface area contributed by atoms with Crippen molar-refractivity contribution in [2.24, 2.45) is 5.73 Å². The zero-order valence-electron chi connectivity index (χ0n) is 10.1. The Bertz CT molecular complexity index is 646. The molecule has 0 bridgehead atoms. The summed E-state index contributed by atoms with van der Waals surface area (Å²) in [5.41, 5.74) is 5.77. The molecule has 0 saturated heterocycles. The van der Waals surface area contributed by atoms with Crippen LogP contribution in [0.2, 0.25) is 0 Å². The van der Waals surface area contributed by atoms with Crippen molar-refractivity contribution in [2.75, 3.05) is 5.32 Å². The average molecular weight is 346 g/mol. The summed E-state index contributed by atoms with van der Waals surface area (Å²) in [4.78, 5) is 11.7. The van der Waals surface area contributed by atoms with Crippen molar-refractivity contribution in [3.63, 3.8) is 0 Å². The first-order valence-electron chi connectivity index (χ1n) is 5.53. The summed E-state index contributed by atoms with van der Waals surface area (Å²) >= 11 is 2.92. The molecule has 1 heterocycles. The van der Waals surface area contributed by atoms with Gasteiger partial charge in [0.05, 0.1) is 22.1 Å². The molecule has 0 atom stereocenters. The minimum absolute atomic E-state index is 0.0559. The maximum atomic E-state index is 13.5. The minimum Gasteiger partial charge on any atom is -0.325 e. The second-order valence-electron chi connectivity index (χ2n) is 3.91. The van der Waals surface area contributed by atoms with Gasteiger partial charge in [0.2, 0.25) is 5.91 Å². The highest BCUT2D eigenvalue weighted by atomic mass is 79.9. The number of nitrogens with zero attached hydrogens (tertiary/aromatic N) is 3. The van der Waals surface area contributed by atoms with E-state index in [0.29, 0.717) is 11.8 Å². The first kappa shape index (κ1) is 14.5. The molecule has 0 aliphatic rings. The highest BCUT2D eigenvalue weighted by Crippen LogP contribution is 2.23. The maximum Gasteiger partial charge on any atom is 0.246 e. The molecule has 2 rings (SSSR count). The monoisotopic (exact) mass is 345 g/mol. The second kappa shape index (κ2) is 6.06. The molecule has 0 aliphatic carbocycles. The number of hydrogen-bond donors (Lipinski definition) is 2. The fourth-order valence-corrected chi connectivity index (χ4v) is 1.81. The summed E-state index contributed by atoms with van der Waals surface area (Å²) in [5.74, 6) is -2.12. The smallest absolute Gasteiger partial charge is 0.246 e. The molecule has 3 N–H and O–H groups in total. The second-order valence-corrected chi connectivity index (χ2v) is 4.76. The number of nitrogens with one attached hydrogen (secondary N) is 1. The minimum atomic E-state index is -0.861. The SMILES string of the molecule is NCc1cn(CC(=O)Nc2cc(Br)c(F)cc2F)nn1. The fourth-order valence-electron chi connectivity index (χ4n) is 1.46. The van der Waals surface area contributed by atoms with E-state index in [-0.39, 0.29) is 23.2 Å². The molecule has 1 amide bonds. The molecule has 0 fully saturated rings. The van der Waals surface area contributed by atoms with Gasteiger partial charge < -0.3 is 11.1 Å². The lowest BCUT2D eigenvalue weighted by molar-refractivity contribution is -0.116. The maximum absolute atomic E-state index is 13.5. The Hall–Kier alpha value is -1.87. The lowest BCUT2D eigenvalue weighted by Gasteiger charge is -2.07. The molecule has 0 unspecified atom stereocenters. The molecule has 0 radical (unpaired) electrons. The van der Waals surface area contributed by atoms with Gasteiger partial charge in [-0.3, -0.25) is 4.79 Å². The van der Waals surface area contributed by atoms with Gasteiger partial charge in [0.15, 0.2) is 0 Å². The quantitative estimate of drug-likeness (QED) is 0.820. The van der Waals surface area contributed by atoms with Crippen LogP contribution in [0.4, 0.5) is 14.5 Å². The topological polar surface area (TPSA) is 85.8 Å². The Morgan fingerprint density at radius 3 is 2.80 bits per heavy atom. The van der Waals surface area contributed by atoms with Crippen molar-refractivity contribution in [3.05, 3.63) is 40.1 Å². The van der Waals surface area contributed by atoms with Gasteiger partial charge in [0.25, 0.3) is 0 Å². The summed E-state index contributed by atoms with van der Waals surface area (Å²) in [6.07, 6.45) is 1.51. The highest BCUT2D eigenvalue weighted by molar-refractivity contribution is 9.10. The third-order valence-corrected chi connectivity index (χ3v) is 2.99. The van der Waals surface area contributed by atoms with Crippen molar-refractivity contribution in [1.82, 2.24) is 15.0 Å². The van der Waals surface area contributed by atoms with Crippen LogP contribution in [-0.2, 0) is 17.9 Å². The van der Waals surface area contributed by atoms with Crippen molar-refractivity contribution >= 4 is 27.5 Å². The van der Waals surface area contributed by atoms with Crippen LogP contribution in [0.5, 0.6) is 0 Å². The molecule has 2 aromatic rings. The number of carbonyl (C=O) groups is 1. The number of carbonyl (C=O) groups excluding carboxylic acids is 1. The lowest BCUT2D eigenvalue weighted by atomic mass is 10.3. The Kier molecular flexibility index (Phi) is 4.40. The standard InChI is InChI=1S/C11H10BrF2N5O/c12-7-1-10(9(14)2-8(7)13)16-11(20)5-19-4-6(3-15)17-18-19/h1-2,4H,3,5,15H2,(H,16,20). The number of benzene rings is 1. The van der Waals surface area contributed by atoms with Gasteiger partial charge >= 0.3 is 0 Å². The third-order valence-electron chi connectivity index (χ3n) is 2.38. The van der Waals surface area contributed by atoms with Crippen LogP contribution in [0.1, 0.15) is 5.69 Å². The van der Waals surface area contributed by atoms with Gasteiger partial charge in [-0.2, -0.15) is 0 Å². The van der Waals surface area contributed by atoms with Crippen LogP contribution in [0.3, 0.4) is 0 Å². The van der Waals surface area contributed by atoms with E-state index in [2.05, 4.69) is 31.6 Å². The van der Waals surface area contributed by atoms with E-state index in [0.717, 1.165) is 6.07 Å². The summed E-state index contributed by atoms with van der Waals surface area (Å²) in [7, 11) is 0. The van der Waals surface area contributed by atoms with Crippen LogP contribution in [0, 0.1) is 11.6 Å². The van der Waals surface area contributed by atoms with Crippen LogP contribution < -0.4 is 11.1 Å². The third kappa shape index (κ3) is 3.36. The number of nitrogens with two attached hydrogens (primary N) is 1. The van der Waals surface area contributed by atoms with Gasteiger partial charge in [-0.05, 0) is 22.0 Å². The predicted octanol–water partition coefficient (Wildman–Crippen LogP) is 1.42. The van der Waals surface area contributed by atoms with E-state index in [1.165, 1.54) is 10.9 Å². The molecule has 1 aromatic heterocycles. The summed E-state index contributed by atoms with van der Waals surface area (Å²) < 4.78 is 27.8. The molecular formula is C11H10BrF2N5O. The molecule has 6 nitrogen and oxygen atoms in total. The van der Waals surface area contributed by atoms with Gasteiger partial charge in [-0.25, -0.2) is 13.5 Å². The number of amides is 1. The normalized spacial score (nSPS) is 10.6.